The van der Waals surface area contributed by atoms with Crippen molar-refractivity contribution in [1.82, 2.24) is 19.4 Å². The van der Waals surface area contributed by atoms with Crippen molar-refractivity contribution >= 4 is 73.7 Å². The first-order chi connectivity index (χ1) is 34.5. The van der Waals surface area contributed by atoms with Crippen LogP contribution in [0.25, 0.3) is 5.57 Å². The van der Waals surface area contributed by atoms with Gasteiger partial charge in [-0.3, -0.25) is 19.2 Å². The molecule has 1 unspecified atom stereocenters. The summed E-state index contributed by atoms with van der Waals surface area (Å²) in [5.74, 6) is -0.219. The highest BCUT2D eigenvalue weighted by Crippen LogP contribution is 2.52. The van der Waals surface area contributed by atoms with Gasteiger partial charge in [0.2, 0.25) is 0 Å². The molecule has 0 aromatic heterocycles. The second kappa shape index (κ2) is 24.5. The monoisotopic (exact) mass is 1100 g/mol. The SMILES string of the molecule is CCOP(=O)(CN1CCN(CC[C@H](CSc2ccccc2)Nc2ccc(S(=O)(=O)NC(=O)c3ccc(N4CCN(CC5=C(c6ccc(Cl)cc6)CCC(C)(C)C5)CC4)cc3)cc2S(C)(=O)=O)CC1)OC(C)(C)C. The lowest BCUT2D eigenvalue weighted by atomic mass is 9.73. The van der Waals surface area contributed by atoms with Crippen molar-refractivity contribution in [2.24, 2.45) is 5.41 Å². The van der Waals surface area contributed by atoms with E-state index in [4.69, 9.17) is 20.6 Å². The number of nitrogens with one attached hydrogen (secondary N) is 2. The molecule has 2 N–H and O–H groups in total. The van der Waals surface area contributed by atoms with E-state index in [9.17, 15) is 26.2 Å². The average molecular weight is 1100 g/mol. The zero-order valence-electron chi connectivity index (χ0n) is 43.4. The van der Waals surface area contributed by atoms with Gasteiger partial charge in [0.25, 0.3) is 15.9 Å². The van der Waals surface area contributed by atoms with Crippen molar-refractivity contribution in [3.63, 3.8) is 0 Å². The van der Waals surface area contributed by atoms with Crippen LogP contribution in [0, 0.1) is 5.41 Å². The van der Waals surface area contributed by atoms with E-state index in [0.717, 1.165) is 93.0 Å². The highest BCUT2D eigenvalue weighted by atomic mass is 35.5. The summed E-state index contributed by atoms with van der Waals surface area (Å²) in [5, 5.41) is 4.19. The number of hydrogen-bond acceptors (Lipinski definition) is 14. The van der Waals surface area contributed by atoms with Gasteiger partial charge in [-0.05, 0) is 137 Å². The van der Waals surface area contributed by atoms with E-state index >= 15 is 0 Å². The van der Waals surface area contributed by atoms with Crippen LogP contribution in [0.5, 0.6) is 0 Å². The number of anilines is 2. The summed E-state index contributed by atoms with van der Waals surface area (Å²) in [5.41, 5.74) is 5.19. The van der Waals surface area contributed by atoms with Crippen LogP contribution in [-0.2, 0) is 33.5 Å². The molecule has 2 atom stereocenters. The smallest absolute Gasteiger partial charge is 0.345 e. The predicted molar refractivity (Wildman–Crippen MR) is 297 cm³/mol. The third-order valence-corrected chi connectivity index (χ3v) is 19.6. The van der Waals surface area contributed by atoms with E-state index in [-0.39, 0.29) is 38.8 Å². The number of sulfone groups is 1. The summed E-state index contributed by atoms with van der Waals surface area (Å²) >= 11 is 7.86. The molecule has 14 nitrogen and oxygen atoms in total. The Balaban J connectivity index is 0.965. The fourth-order valence-electron chi connectivity index (χ4n) is 9.74. The Hall–Kier alpha value is -3.74. The summed E-state index contributed by atoms with van der Waals surface area (Å²) in [6.45, 7) is 20.2. The molecule has 19 heteroatoms. The van der Waals surface area contributed by atoms with Crippen LogP contribution in [0.3, 0.4) is 0 Å². The van der Waals surface area contributed by atoms with Crippen LogP contribution in [-0.4, -0.2) is 139 Å². The molecule has 7 rings (SSSR count). The number of thioether (sulfide) groups is 1. The fraction of sp³-hybridized carbons (Fsp3) is 0.500. The van der Waals surface area contributed by atoms with Crippen LogP contribution in [0.1, 0.15) is 83.1 Å². The van der Waals surface area contributed by atoms with Crippen molar-refractivity contribution in [3.8, 4) is 0 Å². The largest absolute Gasteiger partial charge is 0.380 e. The maximum Gasteiger partial charge on any atom is 0.345 e. The van der Waals surface area contributed by atoms with Crippen LogP contribution in [0.2, 0.25) is 5.02 Å². The molecule has 73 heavy (non-hydrogen) atoms. The number of piperazine rings is 2. The molecule has 1 amide bonds. The number of carbonyl (C=O) groups is 1. The molecule has 4 aromatic rings. The van der Waals surface area contributed by atoms with Gasteiger partial charge in [0, 0.05) is 105 Å². The lowest BCUT2D eigenvalue weighted by Crippen LogP contribution is -2.47. The number of hydrogen-bond donors (Lipinski definition) is 2. The first-order valence-electron chi connectivity index (χ1n) is 25.3. The van der Waals surface area contributed by atoms with Gasteiger partial charge in [0.1, 0.15) is 6.29 Å². The number of sulfonamides is 1. The highest BCUT2D eigenvalue weighted by molar-refractivity contribution is 7.99. The number of nitrogens with zero attached hydrogens (tertiary/aromatic N) is 4. The third-order valence-electron chi connectivity index (χ3n) is 13.5. The van der Waals surface area contributed by atoms with Crippen LogP contribution in [0.15, 0.2) is 117 Å². The molecule has 2 heterocycles. The van der Waals surface area contributed by atoms with Gasteiger partial charge in [0.05, 0.1) is 27.7 Å². The summed E-state index contributed by atoms with van der Waals surface area (Å²) < 4.78 is 81.6. The Labute approximate surface area is 444 Å². The van der Waals surface area contributed by atoms with Crippen molar-refractivity contribution in [2.75, 3.05) is 101 Å². The zero-order chi connectivity index (χ0) is 52.6. The maximum absolute atomic E-state index is 13.8. The van der Waals surface area contributed by atoms with E-state index in [1.165, 1.54) is 28.8 Å². The molecule has 2 saturated heterocycles. The Bertz CT molecular complexity index is 2810. The summed E-state index contributed by atoms with van der Waals surface area (Å²) in [4.78, 5) is 23.3. The topological polar surface area (TPSA) is 158 Å². The summed E-state index contributed by atoms with van der Waals surface area (Å²) in [6.07, 6.45) is 5.17. The molecule has 3 aliphatic rings. The quantitative estimate of drug-likeness (QED) is 0.0600. The van der Waals surface area contributed by atoms with Crippen molar-refractivity contribution < 1.29 is 35.2 Å². The molecule has 1 aliphatic carbocycles. The Morgan fingerprint density at radius 2 is 1.49 bits per heavy atom. The van der Waals surface area contributed by atoms with Gasteiger partial charge >= 0.3 is 7.60 Å². The normalized spacial score (nSPS) is 18.8. The minimum absolute atomic E-state index is 0.161. The molecular weight excluding hydrogens is 1020 g/mol. The van der Waals surface area contributed by atoms with Gasteiger partial charge < -0.3 is 24.2 Å². The second-order valence-electron chi connectivity index (χ2n) is 21.2. The molecule has 2 fully saturated rings. The van der Waals surface area contributed by atoms with Crippen molar-refractivity contribution in [2.45, 2.75) is 93.6 Å². The molecule has 0 radical (unpaired) electrons. The Morgan fingerprint density at radius 1 is 0.849 bits per heavy atom. The number of benzene rings is 4. The molecule has 0 bridgehead atoms. The molecular formula is C54H74ClN6O8PS3. The Kier molecular flexibility index (Phi) is 19.1. The van der Waals surface area contributed by atoms with Crippen LogP contribution < -0.4 is 14.9 Å². The minimum Gasteiger partial charge on any atom is -0.380 e. The molecule has 398 valence electrons. The third kappa shape index (κ3) is 16.6. The van der Waals surface area contributed by atoms with Gasteiger partial charge in [-0.2, -0.15) is 0 Å². The number of halogens is 1. The Morgan fingerprint density at radius 3 is 2.12 bits per heavy atom. The molecule has 2 aliphatic heterocycles. The molecule has 0 saturated carbocycles. The van der Waals surface area contributed by atoms with E-state index in [1.807, 2.05) is 82.3 Å². The van der Waals surface area contributed by atoms with Crippen molar-refractivity contribution in [1.29, 1.82) is 0 Å². The number of rotatable bonds is 21. The van der Waals surface area contributed by atoms with Gasteiger partial charge in [-0.1, -0.05) is 61.4 Å². The highest BCUT2D eigenvalue weighted by Gasteiger charge is 2.35. The predicted octanol–water partition coefficient (Wildman–Crippen LogP) is 10.2. The van der Waals surface area contributed by atoms with E-state index in [1.54, 1.807) is 23.9 Å². The van der Waals surface area contributed by atoms with Crippen molar-refractivity contribution in [3.05, 3.63) is 119 Å². The van der Waals surface area contributed by atoms with Crippen LogP contribution >= 0.6 is 31.0 Å². The number of carbonyl (C=O) groups excluding carboxylic acids is 1. The first-order valence-corrected chi connectivity index (χ1v) is 31.7. The minimum atomic E-state index is -4.48. The maximum atomic E-state index is 13.8. The number of amides is 1. The number of allylic oxidation sites excluding steroid dienone is 1. The van der Waals surface area contributed by atoms with Gasteiger partial charge in [-0.15, -0.1) is 11.8 Å². The molecule has 4 aromatic carbocycles. The van der Waals surface area contributed by atoms with Crippen LogP contribution in [0.4, 0.5) is 11.4 Å². The van der Waals surface area contributed by atoms with E-state index in [2.05, 4.69) is 55.6 Å². The lowest BCUT2D eigenvalue weighted by Gasteiger charge is -2.39. The van der Waals surface area contributed by atoms with Gasteiger partial charge in [-0.25, -0.2) is 21.6 Å². The second-order valence-corrected chi connectivity index (χ2v) is 28.3. The van der Waals surface area contributed by atoms with Gasteiger partial charge in [0.15, 0.2) is 9.84 Å². The summed E-state index contributed by atoms with van der Waals surface area (Å²) in [7, 11) is -11.8. The van der Waals surface area contributed by atoms with E-state index < -0.39 is 39.0 Å². The van der Waals surface area contributed by atoms with E-state index in [0.29, 0.717) is 38.4 Å². The molecule has 0 spiro atoms. The average Bonchev–Trinajstić information content (AvgIpc) is 3.32. The summed E-state index contributed by atoms with van der Waals surface area (Å²) in [6, 6.07) is 28.7. The standard InChI is InChI=1S/C54H74ClN6O8PS3/c1-8-68-70(63,69-53(2,3)4)40-60-30-28-58(29-31-60)27-25-45(39-71-47-12-10-9-11-13-47)56-50-23-22-48(36-51(50)72(7,64)65)73(66,67)57-52(62)42-16-20-46(21-17-42)61-34-32-59(33-35-61)38-43-37-54(5,6)26-24-49(43)41-14-18-44(55)19-15-41/h9-23,36,45,56H,8,24-35,37-40H2,1-7H3,(H,57,62)/t45-,70?/m1/s1. The first kappa shape index (κ1) is 57.0. The fourth-order valence-corrected chi connectivity index (χ4v) is 15.0. The zero-order valence-corrected chi connectivity index (χ0v) is 47.5. The lowest BCUT2D eigenvalue weighted by molar-refractivity contribution is 0.0809.